The van der Waals surface area contributed by atoms with E-state index in [2.05, 4.69) is 25.8 Å². The molecule has 5 rings (SSSR count). The molecule has 5 aromatic rings. The molecule has 0 saturated heterocycles. The highest BCUT2D eigenvalue weighted by Crippen LogP contribution is 2.23. The molecule has 0 aliphatic carbocycles. The first-order valence-corrected chi connectivity index (χ1v) is 12.6. The Balaban J connectivity index is 1.19. The molecule has 8 nitrogen and oxygen atoms in total. The number of carbonyl (C=O) groups excluding carboxylic acids is 1. The second-order valence-electron chi connectivity index (χ2n) is 7.87. The molecule has 0 atom stereocenters. The number of hydrogen-bond acceptors (Lipinski definition) is 6. The van der Waals surface area contributed by atoms with E-state index in [4.69, 9.17) is 16.1 Å². The lowest BCUT2D eigenvalue weighted by atomic mass is 10.2. The Bertz CT molecular complexity index is 1480. The molecule has 0 aliphatic rings. The highest BCUT2D eigenvalue weighted by molar-refractivity contribution is 7.98. The maximum Gasteiger partial charge on any atom is 0.323 e. The molecule has 2 amide bonds. The fourth-order valence-electron chi connectivity index (χ4n) is 3.50. The molecule has 0 unspecified atom stereocenters. The van der Waals surface area contributed by atoms with E-state index < -0.39 is 0 Å². The fraction of sp³-hybridized carbons (Fsp3) is 0.0769. The molecular formula is C26H21ClN6O2S. The Morgan fingerprint density at radius 1 is 1.03 bits per heavy atom. The molecule has 0 fully saturated rings. The lowest BCUT2D eigenvalue weighted by Gasteiger charge is -2.09. The molecule has 0 spiro atoms. The van der Waals surface area contributed by atoms with Crippen LogP contribution in [-0.4, -0.2) is 32.0 Å². The van der Waals surface area contributed by atoms with Gasteiger partial charge in [0, 0.05) is 39.6 Å². The third-order valence-corrected chi connectivity index (χ3v) is 6.26. The molecule has 2 aromatic heterocycles. The monoisotopic (exact) mass is 516 g/mol. The van der Waals surface area contributed by atoms with Crippen molar-refractivity contribution in [2.45, 2.75) is 11.4 Å². The van der Waals surface area contributed by atoms with Gasteiger partial charge in [-0.2, -0.15) is 4.98 Å². The summed E-state index contributed by atoms with van der Waals surface area (Å²) in [6, 6.07) is 22.3. The zero-order valence-electron chi connectivity index (χ0n) is 19.2. The summed E-state index contributed by atoms with van der Waals surface area (Å²) in [5.41, 5.74) is 3.88. The van der Waals surface area contributed by atoms with Crippen LogP contribution in [0.15, 0.2) is 94.7 Å². The number of rotatable bonds is 7. The van der Waals surface area contributed by atoms with E-state index in [1.54, 1.807) is 30.2 Å². The smallest absolute Gasteiger partial charge is 0.323 e. The first-order valence-electron chi connectivity index (χ1n) is 11.0. The van der Waals surface area contributed by atoms with Crippen LogP contribution in [0.2, 0.25) is 5.02 Å². The second-order valence-corrected chi connectivity index (χ2v) is 9.19. The molecule has 0 bridgehead atoms. The Morgan fingerprint density at radius 2 is 1.81 bits per heavy atom. The second kappa shape index (κ2) is 10.7. The van der Waals surface area contributed by atoms with Gasteiger partial charge in [-0.3, -0.25) is 0 Å². The van der Waals surface area contributed by atoms with Gasteiger partial charge in [0.1, 0.15) is 5.69 Å². The van der Waals surface area contributed by atoms with Gasteiger partial charge in [0.15, 0.2) is 0 Å². The number of aromatic nitrogens is 4. The van der Waals surface area contributed by atoms with Gasteiger partial charge in [-0.05, 0) is 66.4 Å². The molecule has 0 aliphatic heterocycles. The zero-order valence-corrected chi connectivity index (χ0v) is 20.8. The number of amides is 2. The van der Waals surface area contributed by atoms with Gasteiger partial charge in [0.05, 0.1) is 6.33 Å². The molecule has 2 heterocycles. The normalized spacial score (nSPS) is 10.8. The van der Waals surface area contributed by atoms with Crippen LogP contribution in [0.1, 0.15) is 5.56 Å². The number of thioether (sulfide) groups is 1. The first-order chi connectivity index (χ1) is 17.6. The lowest BCUT2D eigenvalue weighted by Crippen LogP contribution is -2.19. The highest BCUT2D eigenvalue weighted by Gasteiger charge is 2.13. The van der Waals surface area contributed by atoms with Crippen LogP contribution < -0.4 is 10.6 Å². The van der Waals surface area contributed by atoms with Crippen molar-refractivity contribution in [2.75, 3.05) is 16.9 Å². The van der Waals surface area contributed by atoms with Crippen molar-refractivity contribution in [3.05, 3.63) is 95.9 Å². The number of halogens is 1. The van der Waals surface area contributed by atoms with Crippen molar-refractivity contribution in [1.29, 1.82) is 0 Å². The minimum absolute atomic E-state index is 0.294. The summed E-state index contributed by atoms with van der Waals surface area (Å²) in [4.78, 5) is 22.2. The molecule has 180 valence electrons. The zero-order chi connectivity index (χ0) is 24.9. The van der Waals surface area contributed by atoms with Gasteiger partial charge in [-0.25, -0.2) is 9.78 Å². The predicted molar refractivity (Wildman–Crippen MR) is 142 cm³/mol. The van der Waals surface area contributed by atoms with Crippen LogP contribution in [0.4, 0.5) is 16.2 Å². The number of imidazole rings is 1. The van der Waals surface area contributed by atoms with Crippen LogP contribution in [-0.2, 0) is 6.54 Å². The van der Waals surface area contributed by atoms with E-state index in [-0.39, 0.29) is 6.03 Å². The van der Waals surface area contributed by atoms with Crippen molar-refractivity contribution in [1.82, 2.24) is 19.7 Å². The lowest BCUT2D eigenvalue weighted by molar-refractivity contribution is 0.262. The van der Waals surface area contributed by atoms with Crippen molar-refractivity contribution < 1.29 is 9.32 Å². The molecular weight excluding hydrogens is 496 g/mol. The number of nitrogens with one attached hydrogen (secondary N) is 2. The molecule has 0 radical (unpaired) electrons. The summed E-state index contributed by atoms with van der Waals surface area (Å²) >= 11 is 7.56. The van der Waals surface area contributed by atoms with Gasteiger partial charge < -0.3 is 19.7 Å². The maximum absolute atomic E-state index is 12.3. The SMILES string of the molecule is CSc1cccc(NC(=O)Nc2ccc(Cn3cnc(-c4nc(-c5ccc(Cl)cc5)no4)c3)cc2)c1. The van der Waals surface area contributed by atoms with Crippen molar-refractivity contribution >= 4 is 40.8 Å². The summed E-state index contributed by atoms with van der Waals surface area (Å²) in [6.45, 7) is 0.596. The molecule has 10 heteroatoms. The summed E-state index contributed by atoms with van der Waals surface area (Å²) < 4.78 is 7.32. The number of benzene rings is 3. The van der Waals surface area contributed by atoms with Gasteiger partial charge >= 0.3 is 6.03 Å². The Hall–Kier alpha value is -4.08. The highest BCUT2D eigenvalue weighted by atomic mass is 35.5. The van der Waals surface area contributed by atoms with E-state index >= 15 is 0 Å². The van der Waals surface area contributed by atoms with Crippen LogP contribution in [0.5, 0.6) is 0 Å². The topological polar surface area (TPSA) is 97.9 Å². The minimum Gasteiger partial charge on any atom is -0.332 e. The number of hydrogen-bond donors (Lipinski definition) is 2. The van der Waals surface area contributed by atoms with E-state index in [0.29, 0.717) is 34.7 Å². The third-order valence-electron chi connectivity index (χ3n) is 5.29. The summed E-state index contributed by atoms with van der Waals surface area (Å²) in [5, 5.41) is 10.4. The number of carbonyl (C=O) groups is 1. The molecule has 3 aromatic carbocycles. The van der Waals surface area contributed by atoms with E-state index in [9.17, 15) is 4.79 Å². The van der Waals surface area contributed by atoms with Gasteiger partial charge in [-0.15, -0.1) is 11.8 Å². The molecule has 36 heavy (non-hydrogen) atoms. The van der Waals surface area contributed by atoms with Gasteiger partial charge in [0.25, 0.3) is 5.89 Å². The molecule has 0 saturated carbocycles. The van der Waals surface area contributed by atoms with Crippen molar-refractivity contribution in [3.63, 3.8) is 0 Å². The Kier molecular flexibility index (Phi) is 7.01. The third kappa shape index (κ3) is 5.76. The van der Waals surface area contributed by atoms with Gasteiger partial charge in [0.2, 0.25) is 5.82 Å². The van der Waals surface area contributed by atoms with E-state index in [0.717, 1.165) is 21.7 Å². The predicted octanol–water partition coefficient (Wildman–Crippen LogP) is 6.67. The van der Waals surface area contributed by atoms with Crippen LogP contribution in [0.3, 0.4) is 0 Å². The van der Waals surface area contributed by atoms with Crippen LogP contribution >= 0.6 is 23.4 Å². The quantitative estimate of drug-likeness (QED) is 0.234. The van der Waals surface area contributed by atoms with Gasteiger partial charge in [-0.1, -0.05) is 35.0 Å². The van der Waals surface area contributed by atoms with E-state index in [1.807, 2.05) is 77.7 Å². The van der Waals surface area contributed by atoms with Crippen molar-refractivity contribution in [2.24, 2.45) is 0 Å². The fourth-order valence-corrected chi connectivity index (χ4v) is 4.08. The summed E-state index contributed by atoms with van der Waals surface area (Å²) in [7, 11) is 0. The average molecular weight is 517 g/mol. The first kappa shape index (κ1) is 23.7. The number of urea groups is 1. The summed E-state index contributed by atoms with van der Waals surface area (Å²) in [6.07, 6.45) is 5.56. The van der Waals surface area contributed by atoms with Crippen LogP contribution in [0, 0.1) is 0 Å². The largest absolute Gasteiger partial charge is 0.332 e. The molecule has 2 N–H and O–H groups in total. The summed E-state index contributed by atoms with van der Waals surface area (Å²) in [5.74, 6) is 0.813. The van der Waals surface area contributed by atoms with Crippen LogP contribution in [0.25, 0.3) is 23.0 Å². The van der Waals surface area contributed by atoms with E-state index in [1.165, 1.54) is 0 Å². The minimum atomic E-state index is -0.294. The number of anilines is 2. The average Bonchev–Trinajstić information content (AvgIpc) is 3.56. The number of nitrogens with zero attached hydrogens (tertiary/aromatic N) is 4. The standard InChI is InChI=1S/C26H21ClN6O2S/c1-36-22-4-2-3-21(13-22)30-26(34)29-20-11-5-17(6-12-20)14-33-15-23(28-16-33)25-31-24(32-35-25)18-7-9-19(27)10-8-18/h2-13,15-16H,14H2,1H3,(H2,29,30,34). The Morgan fingerprint density at radius 3 is 2.58 bits per heavy atom. The Labute approximate surface area is 216 Å². The van der Waals surface area contributed by atoms with Crippen molar-refractivity contribution in [3.8, 4) is 23.0 Å². The maximum atomic E-state index is 12.3.